The van der Waals surface area contributed by atoms with Crippen molar-refractivity contribution < 1.29 is 32.5 Å². The minimum atomic E-state index is -1.50. The minimum Gasteiger partial charge on any atom is -0.435 e. The third kappa shape index (κ3) is 9.21. The van der Waals surface area contributed by atoms with Crippen LogP contribution in [0.25, 0.3) is 0 Å². The fourth-order valence-electron chi connectivity index (χ4n) is 2.96. The van der Waals surface area contributed by atoms with E-state index in [-0.39, 0.29) is 17.4 Å². The third-order valence-corrected chi connectivity index (χ3v) is 6.07. The smallest absolute Gasteiger partial charge is 0.410 e. The Hall–Kier alpha value is -3.12. The number of nitrogens with one attached hydrogen (secondary N) is 1. The van der Waals surface area contributed by atoms with E-state index in [4.69, 9.17) is 13.9 Å². The number of rotatable bonds is 10. The number of ether oxygens (including phenoxy) is 2. The van der Waals surface area contributed by atoms with Crippen LogP contribution in [-0.4, -0.2) is 81.8 Å². The number of carbonyl (C=O) groups is 3. The number of ketones is 1. The number of aryl methyl sites for hydroxylation is 1. The molecule has 0 spiro atoms. The van der Waals surface area contributed by atoms with E-state index in [1.54, 1.807) is 6.92 Å². The van der Waals surface area contributed by atoms with Crippen LogP contribution in [0.2, 0.25) is 0 Å². The minimum absolute atomic E-state index is 0.195. The first-order valence-corrected chi connectivity index (χ1v) is 13.0. The molecule has 1 N–H and O–H groups in total. The molecule has 0 bridgehead atoms. The summed E-state index contributed by atoms with van der Waals surface area (Å²) in [5, 5.41) is 9.77. The Labute approximate surface area is 207 Å². The topological polar surface area (TPSA) is 141 Å². The van der Waals surface area contributed by atoms with Gasteiger partial charge in [0.25, 0.3) is 11.8 Å². The van der Waals surface area contributed by atoms with E-state index in [9.17, 15) is 18.6 Å². The second-order valence-corrected chi connectivity index (χ2v) is 8.71. The predicted octanol–water partition coefficient (Wildman–Crippen LogP) is 1.74. The zero-order valence-corrected chi connectivity index (χ0v) is 21.0. The average molecular weight is 509 g/mol. The molecule has 1 aliphatic rings. The number of amides is 2. The molecule has 2 heterocycles. The molecule has 3 rings (SSSR count). The standard InChI is InChI=1S/C21H26N4O7S.C2H6/c1-2-18-23-24-20(32-18)16(26)12-22-19(27)17(31-21(28)25-8-10-30-11-9-25)14-33(29)13-15-6-4-3-5-7-15;1-2/h3-7,17H,2,8-14H2,1H3,(H,22,27);1-2H3. The summed E-state index contributed by atoms with van der Waals surface area (Å²) >= 11 is 0. The van der Waals surface area contributed by atoms with Gasteiger partial charge in [-0.2, -0.15) is 0 Å². The van der Waals surface area contributed by atoms with Gasteiger partial charge in [0.1, 0.15) is 0 Å². The lowest BCUT2D eigenvalue weighted by molar-refractivity contribution is -0.129. The molecule has 11 nitrogen and oxygen atoms in total. The van der Waals surface area contributed by atoms with E-state index in [1.807, 2.05) is 44.2 Å². The van der Waals surface area contributed by atoms with Crippen molar-refractivity contribution >= 4 is 28.6 Å². The summed E-state index contributed by atoms with van der Waals surface area (Å²) in [5.74, 6) is -1.26. The Kier molecular flexibility index (Phi) is 12.0. The number of Topliss-reactive ketones (excluding diaryl/α,β-unsaturated/α-hetero) is 1. The predicted molar refractivity (Wildman–Crippen MR) is 128 cm³/mol. The highest BCUT2D eigenvalue weighted by molar-refractivity contribution is 7.84. The summed E-state index contributed by atoms with van der Waals surface area (Å²) in [6.07, 6.45) is -1.57. The molecule has 35 heavy (non-hydrogen) atoms. The van der Waals surface area contributed by atoms with Crippen molar-refractivity contribution in [2.75, 3.05) is 38.6 Å². The Morgan fingerprint density at radius 1 is 1.14 bits per heavy atom. The normalized spacial score (nSPS) is 14.8. The van der Waals surface area contributed by atoms with Crippen molar-refractivity contribution in [1.82, 2.24) is 20.4 Å². The van der Waals surface area contributed by atoms with Crippen LogP contribution >= 0.6 is 0 Å². The fraction of sp³-hybridized carbons (Fsp3) is 0.522. The quantitative estimate of drug-likeness (QED) is 0.475. The van der Waals surface area contributed by atoms with Crippen LogP contribution in [0, 0.1) is 0 Å². The first-order chi connectivity index (χ1) is 17.0. The molecule has 1 aliphatic heterocycles. The maximum Gasteiger partial charge on any atom is 0.410 e. The van der Waals surface area contributed by atoms with Gasteiger partial charge in [0.15, 0.2) is 6.10 Å². The highest BCUT2D eigenvalue weighted by atomic mass is 32.2. The molecule has 12 heteroatoms. The number of benzene rings is 1. The molecule has 2 unspecified atom stereocenters. The number of morpholine rings is 1. The SMILES string of the molecule is CC.CCc1nnc(C(=O)CNC(=O)C(CS(=O)Cc2ccccc2)OC(=O)N2CCOCC2)o1. The highest BCUT2D eigenvalue weighted by Crippen LogP contribution is 2.09. The van der Waals surface area contributed by atoms with E-state index in [0.29, 0.717) is 38.6 Å². The molecule has 2 atom stereocenters. The number of hydrogen-bond donors (Lipinski definition) is 1. The zero-order chi connectivity index (χ0) is 25.6. The Bertz CT molecular complexity index is 977. The van der Waals surface area contributed by atoms with Gasteiger partial charge < -0.3 is 24.1 Å². The monoisotopic (exact) mass is 508 g/mol. The second-order valence-electron chi connectivity index (χ2n) is 7.20. The van der Waals surface area contributed by atoms with Crippen molar-refractivity contribution in [2.45, 2.75) is 39.0 Å². The number of nitrogens with zero attached hydrogens (tertiary/aromatic N) is 3. The summed E-state index contributed by atoms with van der Waals surface area (Å²) in [7, 11) is -1.50. The summed E-state index contributed by atoms with van der Waals surface area (Å²) in [6.45, 7) is 6.76. The van der Waals surface area contributed by atoms with Crippen molar-refractivity contribution in [3.8, 4) is 0 Å². The number of hydrogen-bond acceptors (Lipinski definition) is 9. The Morgan fingerprint density at radius 3 is 2.46 bits per heavy atom. The molecule has 2 amide bonds. The summed E-state index contributed by atoms with van der Waals surface area (Å²) in [5.41, 5.74) is 0.827. The van der Waals surface area contributed by atoms with Crippen molar-refractivity contribution in [3.63, 3.8) is 0 Å². The molecule has 0 aliphatic carbocycles. The first-order valence-electron chi connectivity index (χ1n) is 11.5. The molecular formula is C23H32N4O7S. The molecule has 1 aromatic heterocycles. The average Bonchev–Trinajstić information content (AvgIpc) is 3.38. The van der Waals surface area contributed by atoms with Gasteiger partial charge in [0.2, 0.25) is 11.7 Å². The van der Waals surface area contributed by atoms with Crippen molar-refractivity contribution in [1.29, 1.82) is 0 Å². The maximum absolute atomic E-state index is 12.8. The van der Waals surface area contributed by atoms with Crippen LogP contribution in [0.4, 0.5) is 4.79 Å². The Balaban J connectivity index is 0.00000210. The second kappa shape index (κ2) is 15.0. The lowest BCUT2D eigenvalue weighted by Gasteiger charge is -2.28. The molecule has 192 valence electrons. The zero-order valence-electron chi connectivity index (χ0n) is 20.2. The van der Waals surface area contributed by atoms with Gasteiger partial charge in [0, 0.05) is 36.1 Å². The first kappa shape index (κ1) is 28.1. The van der Waals surface area contributed by atoms with Gasteiger partial charge in [-0.1, -0.05) is 51.1 Å². The van der Waals surface area contributed by atoms with Crippen LogP contribution in [0.5, 0.6) is 0 Å². The Morgan fingerprint density at radius 2 is 1.83 bits per heavy atom. The molecule has 1 saturated heterocycles. The lowest BCUT2D eigenvalue weighted by atomic mass is 10.2. The van der Waals surface area contributed by atoms with Gasteiger partial charge >= 0.3 is 6.09 Å². The van der Waals surface area contributed by atoms with Crippen molar-refractivity contribution in [3.05, 3.63) is 47.7 Å². The summed E-state index contributed by atoms with van der Waals surface area (Å²) < 4.78 is 28.5. The van der Waals surface area contributed by atoms with E-state index in [0.717, 1.165) is 5.56 Å². The lowest BCUT2D eigenvalue weighted by Crippen LogP contribution is -2.47. The van der Waals surface area contributed by atoms with Crippen LogP contribution in [0.15, 0.2) is 34.7 Å². The number of aromatic nitrogens is 2. The fourth-order valence-corrected chi connectivity index (χ4v) is 4.20. The van der Waals surface area contributed by atoms with E-state index in [2.05, 4.69) is 15.5 Å². The van der Waals surface area contributed by atoms with Crippen LogP contribution in [0.3, 0.4) is 0 Å². The van der Waals surface area contributed by atoms with Crippen LogP contribution in [-0.2, 0) is 37.2 Å². The molecule has 1 aromatic carbocycles. The summed E-state index contributed by atoms with van der Waals surface area (Å²) in [6, 6.07) is 9.13. The van der Waals surface area contributed by atoms with Gasteiger partial charge in [-0.25, -0.2) is 4.79 Å². The van der Waals surface area contributed by atoms with Crippen LogP contribution in [0.1, 0.15) is 42.9 Å². The van der Waals surface area contributed by atoms with E-state index >= 15 is 0 Å². The van der Waals surface area contributed by atoms with Gasteiger partial charge in [-0.15, -0.1) is 10.2 Å². The van der Waals surface area contributed by atoms with E-state index in [1.165, 1.54) is 4.90 Å². The molecule has 0 saturated carbocycles. The van der Waals surface area contributed by atoms with Gasteiger partial charge in [-0.3, -0.25) is 13.8 Å². The molecule has 2 aromatic rings. The largest absolute Gasteiger partial charge is 0.435 e. The van der Waals surface area contributed by atoms with Crippen LogP contribution < -0.4 is 5.32 Å². The summed E-state index contributed by atoms with van der Waals surface area (Å²) in [4.78, 5) is 38.9. The van der Waals surface area contributed by atoms with Crippen molar-refractivity contribution in [2.24, 2.45) is 0 Å². The molecule has 0 radical (unpaired) electrons. The molecular weight excluding hydrogens is 476 g/mol. The van der Waals surface area contributed by atoms with Gasteiger partial charge in [-0.05, 0) is 5.56 Å². The number of carbonyl (C=O) groups excluding carboxylic acids is 3. The van der Waals surface area contributed by atoms with Gasteiger partial charge in [0.05, 0.1) is 25.5 Å². The van der Waals surface area contributed by atoms with E-state index < -0.39 is 41.2 Å². The highest BCUT2D eigenvalue weighted by Gasteiger charge is 2.29. The molecule has 1 fully saturated rings. The third-order valence-electron chi connectivity index (χ3n) is 4.74. The maximum atomic E-state index is 12.8.